The maximum atomic E-state index is 13.9. The summed E-state index contributed by atoms with van der Waals surface area (Å²) < 4.78 is 38.5. The second-order valence-corrected chi connectivity index (χ2v) is 13.2. The standard InChI is InChI=1S/C27H32O6S/c1-17-19-9-12-27(23(17)28)21(13-19)26-11-6-10-25(2,16-32-24(26)29)20(26)14-22(27)33-34(30,31)15-18-7-4-3-5-8-18/h3-5,7-8,19-22H,1,6,9-16H2,2H3/t19-,20?,21?,22+,25-,26-,27+/m0/s1. The largest absolute Gasteiger partial charge is 0.465 e. The molecule has 182 valence electrons. The van der Waals surface area contributed by atoms with Gasteiger partial charge in [0.2, 0.25) is 0 Å². The molecule has 7 heteroatoms. The van der Waals surface area contributed by atoms with Gasteiger partial charge < -0.3 is 4.74 Å². The zero-order chi connectivity index (χ0) is 23.9. The molecule has 7 atom stereocenters. The van der Waals surface area contributed by atoms with Crippen LogP contribution in [0.4, 0.5) is 0 Å². The molecule has 0 N–H and O–H groups in total. The van der Waals surface area contributed by atoms with Gasteiger partial charge in [0.1, 0.15) is 5.75 Å². The number of ether oxygens (including phenoxy) is 1. The van der Waals surface area contributed by atoms with Gasteiger partial charge in [0, 0.05) is 5.41 Å². The van der Waals surface area contributed by atoms with E-state index in [4.69, 9.17) is 8.92 Å². The number of rotatable bonds is 4. The van der Waals surface area contributed by atoms with Crippen LogP contribution in [0.15, 0.2) is 42.5 Å². The van der Waals surface area contributed by atoms with E-state index in [2.05, 4.69) is 13.5 Å². The van der Waals surface area contributed by atoms with Crippen molar-refractivity contribution in [1.29, 1.82) is 0 Å². The van der Waals surface area contributed by atoms with E-state index in [-0.39, 0.29) is 40.7 Å². The van der Waals surface area contributed by atoms with Crippen LogP contribution in [0.3, 0.4) is 0 Å². The van der Waals surface area contributed by atoms with Gasteiger partial charge in [-0.3, -0.25) is 13.8 Å². The molecule has 6 nitrogen and oxygen atoms in total. The number of fused-ring (bicyclic) bond motifs is 2. The summed E-state index contributed by atoms with van der Waals surface area (Å²) >= 11 is 0. The summed E-state index contributed by atoms with van der Waals surface area (Å²) in [6.45, 7) is 6.62. The predicted octanol–water partition coefficient (Wildman–Crippen LogP) is 4.20. The van der Waals surface area contributed by atoms with Crippen molar-refractivity contribution in [2.75, 3.05) is 6.61 Å². The zero-order valence-electron chi connectivity index (χ0n) is 19.6. The van der Waals surface area contributed by atoms with Crippen molar-refractivity contribution in [3.8, 4) is 0 Å². The number of hydrogen-bond donors (Lipinski definition) is 0. The number of ketones is 1. The fourth-order valence-electron chi connectivity index (χ4n) is 8.60. The normalized spacial score (nSPS) is 43.1. The lowest BCUT2D eigenvalue weighted by molar-refractivity contribution is -0.251. The molecule has 0 amide bonds. The molecule has 34 heavy (non-hydrogen) atoms. The summed E-state index contributed by atoms with van der Waals surface area (Å²) in [5, 5.41) is 0. The molecule has 1 heterocycles. The van der Waals surface area contributed by atoms with E-state index in [0.717, 1.165) is 19.3 Å². The molecule has 0 aromatic heterocycles. The first-order valence-electron chi connectivity index (χ1n) is 12.5. The third-order valence-corrected chi connectivity index (χ3v) is 11.3. The Bertz CT molecular complexity index is 1170. The molecule has 1 spiro atoms. The highest BCUT2D eigenvalue weighted by Gasteiger charge is 2.76. The van der Waals surface area contributed by atoms with E-state index in [1.807, 2.05) is 6.07 Å². The molecule has 1 saturated heterocycles. The summed E-state index contributed by atoms with van der Waals surface area (Å²) in [6, 6.07) is 8.97. The van der Waals surface area contributed by atoms with Crippen molar-refractivity contribution in [3.05, 3.63) is 48.0 Å². The average Bonchev–Trinajstić information content (AvgIpc) is 2.80. The molecule has 1 aliphatic heterocycles. The number of hydrogen-bond acceptors (Lipinski definition) is 6. The molecular formula is C27H32O6S. The van der Waals surface area contributed by atoms with E-state index in [0.29, 0.717) is 43.4 Å². The number of carbonyl (C=O) groups is 2. The van der Waals surface area contributed by atoms with E-state index in [1.165, 1.54) is 0 Å². The SMILES string of the molecule is C=C1C(=O)[C@]23CC[C@H]1CC2[C@@]12CCC[C@@](C)(COC1=O)C2C[C@H]3OS(=O)(=O)Cc1ccccc1. The van der Waals surface area contributed by atoms with Crippen molar-refractivity contribution in [2.45, 2.75) is 63.7 Å². The Hall–Kier alpha value is -1.99. The maximum absolute atomic E-state index is 13.9. The minimum atomic E-state index is -3.95. The van der Waals surface area contributed by atoms with Gasteiger partial charge in [0.15, 0.2) is 5.78 Å². The first kappa shape index (κ1) is 22.5. The minimum absolute atomic E-state index is 0.0528. The lowest BCUT2D eigenvalue weighted by Gasteiger charge is -2.69. The van der Waals surface area contributed by atoms with Crippen LogP contribution < -0.4 is 0 Å². The summed E-state index contributed by atoms with van der Waals surface area (Å²) in [4.78, 5) is 27.4. The number of esters is 1. The quantitative estimate of drug-likeness (QED) is 0.362. The van der Waals surface area contributed by atoms with Gasteiger partial charge in [0.25, 0.3) is 10.1 Å². The molecule has 7 rings (SSSR count). The zero-order valence-corrected chi connectivity index (χ0v) is 20.4. The van der Waals surface area contributed by atoms with Gasteiger partial charge in [-0.25, -0.2) is 0 Å². The Morgan fingerprint density at radius 3 is 2.59 bits per heavy atom. The second-order valence-electron chi connectivity index (χ2n) is 11.6. The van der Waals surface area contributed by atoms with Gasteiger partial charge in [0.05, 0.1) is 23.5 Å². The average molecular weight is 485 g/mol. The molecule has 0 radical (unpaired) electrons. The smallest absolute Gasteiger partial charge is 0.312 e. The Kier molecular flexibility index (Phi) is 4.80. The minimum Gasteiger partial charge on any atom is -0.465 e. The Morgan fingerprint density at radius 1 is 1.06 bits per heavy atom. The van der Waals surface area contributed by atoms with Crippen LogP contribution in [-0.4, -0.2) is 32.9 Å². The Labute approximate surface area is 201 Å². The molecule has 5 saturated carbocycles. The summed E-state index contributed by atoms with van der Waals surface area (Å²) in [5.74, 6) is -0.772. The third-order valence-electron chi connectivity index (χ3n) is 10.1. The van der Waals surface area contributed by atoms with Crippen molar-refractivity contribution in [3.63, 3.8) is 0 Å². The monoisotopic (exact) mass is 484 g/mol. The summed E-state index contributed by atoms with van der Waals surface area (Å²) in [6.07, 6.45) is 4.18. The Morgan fingerprint density at radius 2 is 1.82 bits per heavy atom. The Balaban J connectivity index is 1.45. The molecule has 1 aromatic carbocycles. The van der Waals surface area contributed by atoms with Crippen LogP contribution in [-0.2, 0) is 34.4 Å². The van der Waals surface area contributed by atoms with Crippen LogP contribution in [0.5, 0.6) is 0 Å². The van der Waals surface area contributed by atoms with Crippen molar-refractivity contribution in [1.82, 2.24) is 0 Å². The van der Waals surface area contributed by atoms with E-state index >= 15 is 0 Å². The second kappa shape index (κ2) is 7.26. The summed E-state index contributed by atoms with van der Waals surface area (Å²) in [7, 11) is -3.95. The van der Waals surface area contributed by atoms with Crippen LogP contribution in [0.2, 0.25) is 0 Å². The molecule has 6 fully saturated rings. The summed E-state index contributed by atoms with van der Waals surface area (Å²) in [5.41, 5.74) is -0.759. The lowest BCUT2D eigenvalue weighted by Crippen LogP contribution is -2.73. The highest BCUT2D eigenvalue weighted by atomic mass is 32.2. The maximum Gasteiger partial charge on any atom is 0.312 e. The molecule has 5 aliphatic carbocycles. The molecular weight excluding hydrogens is 452 g/mol. The van der Waals surface area contributed by atoms with Crippen LogP contribution in [0.25, 0.3) is 0 Å². The van der Waals surface area contributed by atoms with Gasteiger partial charge >= 0.3 is 5.97 Å². The van der Waals surface area contributed by atoms with Crippen LogP contribution in [0, 0.1) is 34.0 Å². The van der Waals surface area contributed by atoms with Crippen molar-refractivity contribution >= 4 is 21.9 Å². The lowest BCUT2D eigenvalue weighted by atomic mass is 9.35. The van der Waals surface area contributed by atoms with Crippen LogP contribution >= 0.6 is 0 Å². The van der Waals surface area contributed by atoms with Gasteiger partial charge in [-0.05, 0) is 67.4 Å². The number of cyclic esters (lactones) is 1. The van der Waals surface area contributed by atoms with Gasteiger partial charge in [-0.15, -0.1) is 0 Å². The topological polar surface area (TPSA) is 86.7 Å². The third kappa shape index (κ3) is 2.86. The fourth-order valence-corrected chi connectivity index (χ4v) is 9.88. The van der Waals surface area contributed by atoms with E-state index in [9.17, 15) is 18.0 Å². The fraction of sp³-hybridized carbons (Fsp3) is 0.630. The molecule has 4 bridgehead atoms. The number of Topliss-reactive ketones (excluding diaryl/α,β-unsaturated/α-hetero) is 1. The molecule has 6 aliphatic rings. The number of benzene rings is 1. The first-order valence-corrected chi connectivity index (χ1v) is 14.1. The van der Waals surface area contributed by atoms with Gasteiger partial charge in [-0.2, -0.15) is 8.42 Å². The molecule has 2 unspecified atom stereocenters. The predicted molar refractivity (Wildman–Crippen MR) is 125 cm³/mol. The molecule has 1 aromatic rings. The van der Waals surface area contributed by atoms with E-state index in [1.54, 1.807) is 24.3 Å². The number of allylic oxidation sites excluding steroid dienone is 1. The van der Waals surface area contributed by atoms with Gasteiger partial charge in [-0.1, -0.05) is 50.3 Å². The highest BCUT2D eigenvalue weighted by molar-refractivity contribution is 7.85. The van der Waals surface area contributed by atoms with E-state index < -0.39 is 27.1 Å². The van der Waals surface area contributed by atoms with Crippen molar-refractivity contribution in [2.24, 2.45) is 34.0 Å². The van der Waals surface area contributed by atoms with Crippen LogP contribution in [0.1, 0.15) is 57.4 Å². The van der Waals surface area contributed by atoms with Crippen molar-refractivity contribution < 1.29 is 26.9 Å². The number of carbonyl (C=O) groups excluding carboxylic acids is 2. The first-order chi connectivity index (χ1) is 16.1. The highest BCUT2D eigenvalue weighted by Crippen LogP contribution is 2.73.